The number of phenols is 2. The molecule has 5 nitrogen and oxygen atoms in total. The van der Waals surface area contributed by atoms with E-state index in [0.717, 1.165) is 41.0 Å². The second-order valence-corrected chi connectivity index (χ2v) is 9.91. The third kappa shape index (κ3) is 6.84. The van der Waals surface area contributed by atoms with E-state index in [2.05, 4.69) is 11.8 Å². The fourth-order valence-electron chi connectivity index (χ4n) is 4.17. The van der Waals surface area contributed by atoms with Crippen molar-refractivity contribution in [3.8, 4) is 23.0 Å². The van der Waals surface area contributed by atoms with E-state index in [-0.39, 0.29) is 16.7 Å². The predicted octanol–water partition coefficient (Wildman–Crippen LogP) is 6.12. The van der Waals surface area contributed by atoms with Crippen molar-refractivity contribution in [2.24, 2.45) is 5.92 Å². The van der Waals surface area contributed by atoms with E-state index in [1.54, 1.807) is 42.1 Å². The normalized spacial score (nSPS) is 19.4. The number of ether oxygens (including phenoxy) is 2. The third-order valence-corrected chi connectivity index (χ3v) is 7.48. The van der Waals surface area contributed by atoms with Crippen molar-refractivity contribution in [3.63, 3.8) is 0 Å². The summed E-state index contributed by atoms with van der Waals surface area (Å²) >= 11 is 1.66. The first kappa shape index (κ1) is 24.3. The number of hydrogen-bond donors (Lipinski definition) is 2. The van der Waals surface area contributed by atoms with Gasteiger partial charge in [0.05, 0.1) is 10.1 Å². The smallest absolute Gasteiger partial charge is 0.133 e. The van der Waals surface area contributed by atoms with Crippen LogP contribution in [0.15, 0.2) is 77.7 Å². The number of aromatic hydroxyl groups is 2. The Bertz CT molecular complexity index is 1030. The van der Waals surface area contributed by atoms with Crippen LogP contribution in [-0.4, -0.2) is 48.0 Å². The molecule has 2 atom stereocenters. The molecule has 2 aliphatic heterocycles. The molecule has 0 aromatic heterocycles. The summed E-state index contributed by atoms with van der Waals surface area (Å²) in [5.74, 6) is 3.22. The van der Waals surface area contributed by atoms with Crippen LogP contribution in [0.25, 0.3) is 0 Å². The number of benzene rings is 3. The molecule has 0 unspecified atom stereocenters. The Balaban J connectivity index is 0.000000162. The van der Waals surface area contributed by atoms with Gasteiger partial charge in [0.2, 0.25) is 0 Å². The molecule has 180 valence electrons. The topological polar surface area (TPSA) is 62.2 Å². The number of para-hydroxylation sites is 1. The Kier molecular flexibility index (Phi) is 8.61. The van der Waals surface area contributed by atoms with Crippen molar-refractivity contribution in [3.05, 3.63) is 78.4 Å². The van der Waals surface area contributed by atoms with Gasteiger partial charge in [-0.25, -0.2) is 0 Å². The van der Waals surface area contributed by atoms with Gasteiger partial charge in [0.15, 0.2) is 0 Å². The lowest BCUT2D eigenvalue weighted by Gasteiger charge is -2.25. The zero-order chi connectivity index (χ0) is 23.8. The molecule has 6 heteroatoms. The van der Waals surface area contributed by atoms with Crippen LogP contribution < -0.4 is 9.47 Å². The lowest BCUT2D eigenvalue weighted by molar-refractivity contribution is 0.232. The lowest BCUT2D eigenvalue weighted by Crippen LogP contribution is -2.26. The van der Waals surface area contributed by atoms with Crippen molar-refractivity contribution in [1.29, 1.82) is 0 Å². The monoisotopic (exact) mass is 479 g/mol. The van der Waals surface area contributed by atoms with Crippen molar-refractivity contribution in [2.75, 3.05) is 32.8 Å². The lowest BCUT2D eigenvalue weighted by atomic mass is 10.1. The summed E-state index contributed by atoms with van der Waals surface area (Å²) in [7, 11) is 0. The molecule has 2 heterocycles. The van der Waals surface area contributed by atoms with Crippen LogP contribution in [-0.2, 0) is 0 Å². The van der Waals surface area contributed by atoms with Crippen LogP contribution >= 0.6 is 11.8 Å². The summed E-state index contributed by atoms with van der Waals surface area (Å²) < 4.78 is 11.4. The molecule has 34 heavy (non-hydrogen) atoms. The summed E-state index contributed by atoms with van der Waals surface area (Å²) in [5.41, 5.74) is 1.10. The summed E-state index contributed by atoms with van der Waals surface area (Å²) in [6.07, 6.45) is 2.68. The van der Waals surface area contributed by atoms with E-state index in [0.29, 0.717) is 6.61 Å². The molecule has 0 radical (unpaired) electrons. The summed E-state index contributed by atoms with van der Waals surface area (Å²) in [5, 5.41) is 18.9. The van der Waals surface area contributed by atoms with Crippen molar-refractivity contribution in [1.82, 2.24) is 4.90 Å². The van der Waals surface area contributed by atoms with Gasteiger partial charge in [0.1, 0.15) is 36.2 Å². The molecule has 0 spiro atoms. The van der Waals surface area contributed by atoms with Gasteiger partial charge in [-0.3, -0.25) is 4.90 Å². The second kappa shape index (κ2) is 12.0. The number of phenolic OH excluding ortho intramolecular Hbond substituents is 2. The Morgan fingerprint density at radius 2 is 1.76 bits per heavy atom. The average molecular weight is 480 g/mol. The maximum Gasteiger partial charge on any atom is 0.133 e. The molecule has 0 saturated carbocycles. The van der Waals surface area contributed by atoms with Crippen LogP contribution in [0, 0.1) is 5.92 Å². The van der Waals surface area contributed by atoms with Crippen LogP contribution in [0.5, 0.6) is 23.0 Å². The average Bonchev–Trinajstić information content (AvgIpc) is 3.33. The molecule has 2 aliphatic rings. The highest BCUT2D eigenvalue weighted by Crippen LogP contribution is 2.45. The number of nitrogens with zero attached hydrogens (tertiary/aromatic N) is 1. The quantitative estimate of drug-likeness (QED) is 0.444. The molecule has 0 aliphatic carbocycles. The zero-order valence-electron chi connectivity index (χ0n) is 19.6. The van der Waals surface area contributed by atoms with Crippen LogP contribution in [0.2, 0.25) is 0 Å². The van der Waals surface area contributed by atoms with Gasteiger partial charge in [-0.05, 0) is 66.9 Å². The summed E-state index contributed by atoms with van der Waals surface area (Å²) in [4.78, 5) is 3.45. The van der Waals surface area contributed by atoms with Crippen LogP contribution in [0.3, 0.4) is 0 Å². The van der Waals surface area contributed by atoms with Gasteiger partial charge in [-0.15, -0.1) is 11.8 Å². The number of likely N-dealkylation sites (tertiary alicyclic amines) is 1. The minimum Gasteiger partial charge on any atom is -0.508 e. The highest BCUT2D eigenvalue weighted by molar-refractivity contribution is 7.99. The number of fused-ring (bicyclic) bond motifs is 1. The van der Waals surface area contributed by atoms with E-state index in [9.17, 15) is 10.2 Å². The maximum absolute atomic E-state index is 9.48. The first-order valence-electron chi connectivity index (χ1n) is 11.9. The highest BCUT2D eigenvalue weighted by atomic mass is 32.2. The SMILES string of the molecule is CC[C@@H]1CCN(CCOc2ccccc2)C1.Oc1ccc([C@@H]2COc3ccc(O)cc3S2)cc1. The van der Waals surface area contributed by atoms with Crippen molar-refractivity contribution < 1.29 is 19.7 Å². The molecule has 1 fully saturated rings. The molecule has 5 rings (SSSR count). The fraction of sp³-hybridized carbons (Fsp3) is 0.357. The minimum absolute atomic E-state index is 0.180. The zero-order valence-corrected chi connectivity index (χ0v) is 20.4. The summed E-state index contributed by atoms with van der Waals surface area (Å²) in [6, 6.07) is 22.3. The largest absolute Gasteiger partial charge is 0.508 e. The molecule has 0 amide bonds. The van der Waals surface area contributed by atoms with Gasteiger partial charge in [0.25, 0.3) is 0 Å². The Morgan fingerprint density at radius 1 is 1.00 bits per heavy atom. The van der Waals surface area contributed by atoms with Gasteiger partial charge in [-0.2, -0.15) is 0 Å². The number of rotatable bonds is 6. The fourth-order valence-corrected chi connectivity index (χ4v) is 5.34. The van der Waals surface area contributed by atoms with Crippen LogP contribution in [0.1, 0.15) is 30.6 Å². The molecule has 0 bridgehead atoms. The Morgan fingerprint density at radius 3 is 2.50 bits per heavy atom. The van der Waals surface area contributed by atoms with E-state index >= 15 is 0 Å². The van der Waals surface area contributed by atoms with Gasteiger partial charge in [0, 0.05) is 13.1 Å². The molecule has 3 aromatic carbocycles. The molecule has 1 saturated heterocycles. The number of thioether (sulfide) groups is 1. The predicted molar refractivity (Wildman–Crippen MR) is 137 cm³/mol. The highest BCUT2D eigenvalue weighted by Gasteiger charge is 2.22. The molecule has 2 N–H and O–H groups in total. The standard InChI is InChI=1S/C14H21NO.C14H12O3S/c1-2-13-8-9-15(12-13)10-11-16-14-6-4-3-5-7-14;15-10-3-1-9(2-4-10)14-8-17-12-6-5-11(16)7-13(12)18-14/h3-7,13H,2,8-12H2,1H3;1-7,14-16H,8H2/t13-;14-/m10/s1. The van der Waals surface area contributed by atoms with E-state index in [1.165, 1.54) is 25.9 Å². The third-order valence-electron chi connectivity index (χ3n) is 6.22. The second-order valence-electron chi connectivity index (χ2n) is 8.67. The minimum atomic E-state index is 0.180. The van der Waals surface area contributed by atoms with Gasteiger partial charge < -0.3 is 19.7 Å². The molecular formula is C28H33NO4S. The van der Waals surface area contributed by atoms with Gasteiger partial charge >= 0.3 is 0 Å². The van der Waals surface area contributed by atoms with Crippen LogP contribution in [0.4, 0.5) is 0 Å². The van der Waals surface area contributed by atoms with E-state index < -0.39 is 0 Å². The first-order valence-corrected chi connectivity index (χ1v) is 12.8. The molecular weight excluding hydrogens is 446 g/mol. The molecule has 3 aromatic rings. The van der Waals surface area contributed by atoms with E-state index in [1.807, 2.05) is 42.5 Å². The van der Waals surface area contributed by atoms with E-state index in [4.69, 9.17) is 9.47 Å². The Hall–Kier alpha value is -2.83. The first-order chi connectivity index (χ1) is 16.6. The van der Waals surface area contributed by atoms with Gasteiger partial charge in [-0.1, -0.05) is 43.7 Å². The van der Waals surface area contributed by atoms with Crippen molar-refractivity contribution in [2.45, 2.75) is 29.9 Å². The Labute approximate surface area is 206 Å². The van der Waals surface area contributed by atoms with Crippen molar-refractivity contribution >= 4 is 11.8 Å². The maximum atomic E-state index is 9.48. The summed E-state index contributed by atoms with van der Waals surface area (Å²) in [6.45, 7) is 7.25. The number of hydrogen-bond acceptors (Lipinski definition) is 6.